The molecule has 2 N–H and O–H groups in total. The fraction of sp³-hybridized carbons (Fsp3) is 0.375. The molecule has 0 radical (unpaired) electrons. The van der Waals surface area contributed by atoms with E-state index in [-0.39, 0.29) is 61.7 Å². The van der Waals surface area contributed by atoms with Gasteiger partial charge in [-0.1, -0.05) is 29.8 Å². The van der Waals surface area contributed by atoms with Crippen molar-refractivity contribution in [2.75, 3.05) is 51.5 Å². The Morgan fingerprint density at radius 3 is 2.68 bits per heavy atom. The molecule has 0 aromatic heterocycles. The van der Waals surface area contributed by atoms with Gasteiger partial charge in [0.25, 0.3) is 5.91 Å². The molecule has 0 saturated carbocycles. The number of carbonyl (C=O) groups is 3. The summed E-state index contributed by atoms with van der Waals surface area (Å²) in [7, 11) is 1.55. The number of nitrogens with zero attached hydrogens (tertiary/aromatic N) is 2. The van der Waals surface area contributed by atoms with Crippen LogP contribution < -0.4 is 15.0 Å². The van der Waals surface area contributed by atoms with E-state index in [0.717, 1.165) is 5.56 Å². The minimum atomic E-state index is -0.418. The molecule has 0 spiro atoms. The molecular formula is C24H28ClN3O6. The van der Waals surface area contributed by atoms with E-state index in [9.17, 15) is 14.4 Å². The van der Waals surface area contributed by atoms with Crippen molar-refractivity contribution in [2.24, 2.45) is 0 Å². The van der Waals surface area contributed by atoms with Crippen molar-refractivity contribution in [1.82, 2.24) is 10.2 Å². The van der Waals surface area contributed by atoms with E-state index in [1.54, 1.807) is 30.2 Å². The first kappa shape index (κ1) is 25.5. The van der Waals surface area contributed by atoms with Crippen LogP contribution in [0.3, 0.4) is 0 Å². The standard InChI is InChI=1S/C24H28ClN3O6/c1-33-12-9-26-22(30)8-10-27-15-17-4-2-3-5-21(17)28(16-23(27)31)24(32)19-7-6-18(14-20(19)25)34-13-11-29/h2-7,14,29H,8-13,15-16H2,1H3,(H,26,30). The van der Waals surface area contributed by atoms with Gasteiger partial charge in [0.05, 0.1) is 23.8 Å². The summed E-state index contributed by atoms with van der Waals surface area (Å²) in [4.78, 5) is 41.6. The molecule has 34 heavy (non-hydrogen) atoms. The maximum absolute atomic E-state index is 13.4. The summed E-state index contributed by atoms with van der Waals surface area (Å²) >= 11 is 6.35. The smallest absolute Gasteiger partial charge is 0.260 e. The summed E-state index contributed by atoms with van der Waals surface area (Å²) in [5, 5.41) is 11.8. The molecule has 0 aliphatic carbocycles. The molecule has 3 amide bonds. The lowest BCUT2D eigenvalue weighted by Gasteiger charge is -2.23. The molecule has 2 aromatic carbocycles. The average molecular weight is 490 g/mol. The largest absolute Gasteiger partial charge is 0.491 e. The third-order valence-electron chi connectivity index (χ3n) is 5.30. The van der Waals surface area contributed by atoms with Gasteiger partial charge in [-0.2, -0.15) is 0 Å². The molecule has 0 bridgehead atoms. The zero-order valence-corrected chi connectivity index (χ0v) is 19.7. The van der Waals surface area contributed by atoms with Gasteiger partial charge in [0.2, 0.25) is 11.8 Å². The predicted octanol–water partition coefficient (Wildman–Crippen LogP) is 1.85. The summed E-state index contributed by atoms with van der Waals surface area (Å²) in [6, 6.07) is 11.9. The number of hydrogen-bond acceptors (Lipinski definition) is 6. The Balaban J connectivity index is 1.78. The van der Waals surface area contributed by atoms with Gasteiger partial charge in [-0.15, -0.1) is 0 Å². The predicted molar refractivity (Wildman–Crippen MR) is 127 cm³/mol. The Hall–Kier alpha value is -3.14. The number of para-hydroxylation sites is 1. The Morgan fingerprint density at radius 1 is 1.15 bits per heavy atom. The van der Waals surface area contributed by atoms with Gasteiger partial charge < -0.3 is 24.8 Å². The van der Waals surface area contributed by atoms with E-state index in [0.29, 0.717) is 24.6 Å². The zero-order valence-electron chi connectivity index (χ0n) is 19.0. The molecule has 0 atom stereocenters. The van der Waals surface area contributed by atoms with Crippen LogP contribution in [0.25, 0.3) is 0 Å². The van der Waals surface area contributed by atoms with Crippen molar-refractivity contribution in [3.63, 3.8) is 0 Å². The maximum Gasteiger partial charge on any atom is 0.260 e. The average Bonchev–Trinajstić information content (AvgIpc) is 2.97. The Kier molecular flexibility index (Phi) is 9.26. The normalized spacial score (nSPS) is 13.3. The van der Waals surface area contributed by atoms with E-state index < -0.39 is 5.91 Å². The molecule has 0 saturated heterocycles. The Bertz CT molecular complexity index is 1030. The van der Waals surface area contributed by atoms with Crippen LogP contribution >= 0.6 is 11.6 Å². The second kappa shape index (κ2) is 12.4. The number of fused-ring (bicyclic) bond motifs is 1. The molecule has 2 aromatic rings. The highest BCUT2D eigenvalue weighted by atomic mass is 35.5. The first-order valence-corrected chi connectivity index (χ1v) is 11.3. The molecule has 1 aliphatic heterocycles. The first-order chi connectivity index (χ1) is 16.4. The number of halogens is 1. The summed E-state index contributed by atoms with van der Waals surface area (Å²) in [6.45, 7) is 1.11. The number of carbonyl (C=O) groups excluding carboxylic acids is 3. The summed E-state index contributed by atoms with van der Waals surface area (Å²) in [5.74, 6) is -0.435. The maximum atomic E-state index is 13.4. The molecule has 182 valence electrons. The van der Waals surface area contributed by atoms with Gasteiger partial charge >= 0.3 is 0 Å². The van der Waals surface area contributed by atoms with Crippen LogP contribution in [0, 0.1) is 0 Å². The molecular weight excluding hydrogens is 462 g/mol. The highest BCUT2D eigenvalue weighted by Crippen LogP contribution is 2.30. The molecule has 0 unspecified atom stereocenters. The van der Waals surface area contributed by atoms with Gasteiger partial charge in [0, 0.05) is 38.9 Å². The number of nitrogens with one attached hydrogen (secondary N) is 1. The number of ether oxygens (including phenoxy) is 2. The van der Waals surface area contributed by atoms with E-state index in [1.165, 1.54) is 17.0 Å². The number of aliphatic hydroxyl groups is 1. The minimum Gasteiger partial charge on any atom is -0.491 e. The van der Waals surface area contributed by atoms with Crippen LogP contribution in [0.1, 0.15) is 22.3 Å². The third kappa shape index (κ3) is 6.47. The Labute approximate surface area is 203 Å². The number of aliphatic hydroxyl groups excluding tert-OH is 1. The number of methoxy groups -OCH3 is 1. The molecule has 1 heterocycles. The van der Waals surface area contributed by atoms with Gasteiger partial charge in [-0.3, -0.25) is 19.3 Å². The lowest BCUT2D eigenvalue weighted by molar-refractivity contribution is -0.130. The fourth-order valence-electron chi connectivity index (χ4n) is 3.59. The van der Waals surface area contributed by atoms with E-state index in [1.807, 2.05) is 12.1 Å². The zero-order chi connectivity index (χ0) is 24.5. The third-order valence-corrected chi connectivity index (χ3v) is 5.62. The highest BCUT2D eigenvalue weighted by Gasteiger charge is 2.30. The number of rotatable bonds is 10. The molecule has 0 fully saturated rings. The molecule has 9 nitrogen and oxygen atoms in total. The summed E-state index contributed by atoms with van der Waals surface area (Å²) in [5.41, 5.74) is 1.64. The Morgan fingerprint density at radius 2 is 1.94 bits per heavy atom. The number of amides is 3. The molecule has 1 aliphatic rings. The van der Waals surface area contributed by atoms with Crippen LogP contribution in [0.5, 0.6) is 5.75 Å². The van der Waals surface area contributed by atoms with Crippen LogP contribution in [-0.4, -0.2) is 74.3 Å². The topological polar surface area (TPSA) is 108 Å². The van der Waals surface area contributed by atoms with Crippen molar-refractivity contribution in [2.45, 2.75) is 13.0 Å². The van der Waals surface area contributed by atoms with E-state index >= 15 is 0 Å². The van der Waals surface area contributed by atoms with Crippen molar-refractivity contribution in [1.29, 1.82) is 0 Å². The number of benzene rings is 2. The second-order valence-electron chi connectivity index (χ2n) is 7.64. The molecule has 3 rings (SSSR count). The second-order valence-corrected chi connectivity index (χ2v) is 8.05. The van der Waals surface area contributed by atoms with Crippen LogP contribution in [-0.2, 0) is 20.9 Å². The van der Waals surface area contributed by atoms with E-state index in [2.05, 4.69) is 5.32 Å². The minimum absolute atomic E-state index is 0.109. The fourth-order valence-corrected chi connectivity index (χ4v) is 3.84. The van der Waals surface area contributed by atoms with Crippen LogP contribution in [0.15, 0.2) is 42.5 Å². The summed E-state index contributed by atoms with van der Waals surface area (Å²) in [6.07, 6.45) is 0.146. The van der Waals surface area contributed by atoms with Gasteiger partial charge in [-0.05, 0) is 29.8 Å². The SMILES string of the molecule is COCCNC(=O)CCN1Cc2ccccc2N(C(=O)c2ccc(OCCO)cc2Cl)CC1=O. The quantitative estimate of drug-likeness (QED) is 0.493. The first-order valence-electron chi connectivity index (χ1n) is 10.9. The lowest BCUT2D eigenvalue weighted by Crippen LogP contribution is -2.41. The van der Waals surface area contributed by atoms with Crippen LogP contribution in [0.4, 0.5) is 5.69 Å². The molecule has 10 heteroatoms. The number of anilines is 1. The van der Waals surface area contributed by atoms with Crippen molar-refractivity contribution in [3.05, 3.63) is 58.6 Å². The highest BCUT2D eigenvalue weighted by molar-refractivity contribution is 6.34. The van der Waals surface area contributed by atoms with Gasteiger partial charge in [0.15, 0.2) is 0 Å². The van der Waals surface area contributed by atoms with Gasteiger partial charge in [-0.25, -0.2) is 0 Å². The van der Waals surface area contributed by atoms with Gasteiger partial charge in [0.1, 0.15) is 18.9 Å². The van der Waals surface area contributed by atoms with E-state index in [4.69, 9.17) is 26.2 Å². The lowest BCUT2D eigenvalue weighted by atomic mass is 10.1. The van der Waals surface area contributed by atoms with Crippen LogP contribution in [0.2, 0.25) is 5.02 Å². The summed E-state index contributed by atoms with van der Waals surface area (Å²) < 4.78 is 10.3. The van der Waals surface area contributed by atoms with Crippen molar-refractivity contribution < 1.29 is 29.0 Å². The number of hydrogen-bond donors (Lipinski definition) is 2. The monoisotopic (exact) mass is 489 g/mol. The van der Waals surface area contributed by atoms with Crippen molar-refractivity contribution in [3.8, 4) is 5.75 Å². The van der Waals surface area contributed by atoms with Crippen molar-refractivity contribution >= 4 is 35.0 Å².